The van der Waals surface area contributed by atoms with E-state index < -0.39 is 18.2 Å². The minimum atomic E-state index is -1.16. The summed E-state index contributed by atoms with van der Waals surface area (Å²) in [5.74, 6) is -1.29. The van der Waals surface area contributed by atoms with Crippen molar-refractivity contribution in [1.82, 2.24) is 0 Å². The third-order valence-corrected chi connectivity index (χ3v) is 3.15. The summed E-state index contributed by atoms with van der Waals surface area (Å²) < 4.78 is 16.0. The third-order valence-electron chi connectivity index (χ3n) is 3.15. The molecular weight excluding hydrogens is 308 g/mol. The highest BCUT2D eigenvalue weighted by Crippen LogP contribution is 2.21. The molecule has 0 N–H and O–H groups in total. The van der Waals surface area contributed by atoms with Crippen LogP contribution in [0.5, 0.6) is 0 Å². The van der Waals surface area contributed by atoms with Gasteiger partial charge in [0.1, 0.15) is 6.61 Å². The topological polar surface area (TPSA) is 61.8 Å². The molecule has 0 aromatic heterocycles. The maximum absolute atomic E-state index is 11.7. The quantitative estimate of drug-likeness (QED) is 0.392. The summed E-state index contributed by atoms with van der Waals surface area (Å²) in [6, 6.07) is 9.65. The maximum Gasteiger partial charge on any atom is 0.336 e. The standard InChI is InChI=1S/C19H24O5/c1-6-16(15-10-8-7-9-11-15)22-12-17(23-18(20)13(2)3)24-19(21)14(4)5/h7-11,16-17H,2,4,6,12H2,1,3,5H3. The molecule has 0 aliphatic carbocycles. The second-order valence-electron chi connectivity index (χ2n) is 5.44. The number of carbonyl (C=O) groups excluding carboxylic acids is 2. The van der Waals surface area contributed by atoms with Crippen LogP contribution in [0.4, 0.5) is 0 Å². The van der Waals surface area contributed by atoms with Crippen molar-refractivity contribution in [1.29, 1.82) is 0 Å². The molecule has 1 atom stereocenters. The molecule has 0 saturated heterocycles. The summed E-state index contributed by atoms with van der Waals surface area (Å²) in [5, 5.41) is 0. The first-order chi connectivity index (χ1) is 11.3. The maximum atomic E-state index is 11.7. The molecule has 1 aromatic carbocycles. The Hall–Kier alpha value is -2.40. The van der Waals surface area contributed by atoms with Gasteiger partial charge in [-0.15, -0.1) is 0 Å². The third kappa shape index (κ3) is 6.38. The van der Waals surface area contributed by atoms with Gasteiger partial charge in [-0.2, -0.15) is 0 Å². The lowest BCUT2D eigenvalue weighted by Gasteiger charge is -2.22. The summed E-state index contributed by atoms with van der Waals surface area (Å²) in [6.45, 7) is 11.9. The molecule has 5 heteroatoms. The Labute approximate surface area is 142 Å². The zero-order valence-electron chi connectivity index (χ0n) is 14.4. The molecule has 5 nitrogen and oxygen atoms in total. The first-order valence-electron chi connectivity index (χ1n) is 7.74. The Morgan fingerprint density at radius 3 is 1.92 bits per heavy atom. The Morgan fingerprint density at radius 2 is 1.50 bits per heavy atom. The van der Waals surface area contributed by atoms with Gasteiger partial charge in [0.2, 0.25) is 0 Å². The van der Waals surface area contributed by atoms with Gasteiger partial charge in [0.05, 0.1) is 6.10 Å². The summed E-state index contributed by atoms with van der Waals surface area (Å²) >= 11 is 0. The van der Waals surface area contributed by atoms with E-state index in [1.54, 1.807) is 0 Å². The van der Waals surface area contributed by atoms with Gasteiger partial charge in [-0.3, -0.25) is 0 Å². The summed E-state index contributed by atoms with van der Waals surface area (Å²) in [7, 11) is 0. The number of esters is 2. The van der Waals surface area contributed by atoms with Crippen LogP contribution in [0, 0.1) is 0 Å². The van der Waals surface area contributed by atoms with E-state index in [1.165, 1.54) is 13.8 Å². The van der Waals surface area contributed by atoms with Gasteiger partial charge < -0.3 is 14.2 Å². The number of hydrogen-bond donors (Lipinski definition) is 0. The fourth-order valence-electron chi connectivity index (χ4n) is 1.84. The molecule has 0 heterocycles. The highest BCUT2D eigenvalue weighted by molar-refractivity contribution is 5.88. The van der Waals surface area contributed by atoms with Gasteiger partial charge in [-0.25, -0.2) is 9.59 Å². The van der Waals surface area contributed by atoms with Crippen molar-refractivity contribution in [2.24, 2.45) is 0 Å². The van der Waals surface area contributed by atoms with E-state index in [9.17, 15) is 9.59 Å². The van der Waals surface area contributed by atoms with Crippen LogP contribution in [0.1, 0.15) is 38.9 Å². The van der Waals surface area contributed by atoms with Gasteiger partial charge in [0.25, 0.3) is 6.29 Å². The van der Waals surface area contributed by atoms with Crippen LogP contribution < -0.4 is 0 Å². The molecule has 1 rings (SSSR count). The molecule has 0 spiro atoms. The predicted octanol–water partition coefficient (Wildman–Crippen LogP) is 3.72. The first kappa shape index (κ1) is 19.6. The number of rotatable bonds is 9. The van der Waals surface area contributed by atoms with Crippen LogP contribution >= 0.6 is 0 Å². The lowest BCUT2D eigenvalue weighted by Crippen LogP contribution is -2.30. The minimum absolute atomic E-state index is 0.0779. The van der Waals surface area contributed by atoms with E-state index in [0.717, 1.165) is 12.0 Å². The summed E-state index contributed by atoms with van der Waals surface area (Å²) in [4.78, 5) is 23.4. The Kier molecular flexibility index (Phi) is 7.92. The van der Waals surface area contributed by atoms with Gasteiger partial charge in [0, 0.05) is 11.1 Å². The van der Waals surface area contributed by atoms with Crippen molar-refractivity contribution in [2.45, 2.75) is 39.6 Å². The van der Waals surface area contributed by atoms with Gasteiger partial charge in [-0.05, 0) is 25.8 Å². The van der Waals surface area contributed by atoms with Gasteiger partial charge in [-0.1, -0.05) is 50.4 Å². The normalized spacial score (nSPS) is 11.7. The van der Waals surface area contributed by atoms with E-state index in [0.29, 0.717) is 0 Å². The minimum Gasteiger partial charge on any atom is -0.419 e. The van der Waals surface area contributed by atoms with Crippen LogP contribution in [-0.4, -0.2) is 24.8 Å². The molecular formula is C19H24O5. The van der Waals surface area contributed by atoms with E-state index in [1.807, 2.05) is 37.3 Å². The fourth-order valence-corrected chi connectivity index (χ4v) is 1.84. The molecule has 0 amide bonds. The first-order valence-corrected chi connectivity index (χ1v) is 7.74. The van der Waals surface area contributed by atoms with E-state index >= 15 is 0 Å². The van der Waals surface area contributed by atoms with Crippen molar-refractivity contribution in [2.75, 3.05) is 6.61 Å². The van der Waals surface area contributed by atoms with Crippen LogP contribution in [0.25, 0.3) is 0 Å². The molecule has 0 radical (unpaired) electrons. The average Bonchev–Trinajstić information content (AvgIpc) is 2.55. The number of benzene rings is 1. The van der Waals surface area contributed by atoms with Crippen molar-refractivity contribution in [3.63, 3.8) is 0 Å². The van der Waals surface area contributed by atoms with Crippen molar-refractivity contribution in [3.8, 4) is 0 Å². The Bertz CT molecular complexity index is 563. The number of ether oxygens (including phenoxy) is 3. The van der Waals surface area contributed by atoms with Crippen molar-refractivity contribution in [3.05, 3.63) is 60.2 Å². The molecule has 0 bridgehead atoms. The van der Waals surface area contributed by atoms with Crippen LogP contribution in [-0.2, 0) is 23.8 Å². The zero-order chi connectivity index (χ0) is 18.1. The largest absolute Gasteiger partial charge is 0.419 e. The molecule has 0 saturated carbocycles. The Morgan fingerprint density at radius 1 is 1.00 bits per heavy atom. The second-order valence-corrected chi connectivity index (χ2v) is 5.44. The fraction of sp³-hybridized carbons (Fsp3) is 0.368. The van der Waals surface area contributed by atoms with E-state index in [-0.39, 0.29) is 23.9 Å². The average molecular weight is 332 g/mol. The molecule has 1 unspecified atom stereocenters. The van der Waals surface area contributed by atoms with E-state index in [4.69, 9.17) is 14.2 Å². The predicted molar refractivity (Wildman–Crippen MR) is 91.0 cm³/mol. The van der Waals surface area contributed by atoms with Gasteiger partial charge in [0.15, 0.2) is 0 Å². The van der Waals surface area contributed by atoms with Crippen molar-refractivity contribution < 1.29 is 23.8 Å². The van der Waals surface area contributed by atoms with Gasteiger partial charge >= 0.3 is 11.9 Å². The summed E-state index contributed by atoms with van der Waals surface area (Å²) in [6.07, 6.45) is -0.628. The molecule has 1 aromatic rings. The SMILES string of the molecule is C=C(C)C(=O)OC(COC(CC)c1ccccc1)OC(=O)C(=C)C. The number of hydrogen-bond acceptors (Lipinski definition) is 5. The monoisotopic (exact) mass is 332 g/mol. The zero-order valence-corrected chi connectivity index (χ0v) is 14.4. The molecule has 0 aliphatic rings. The van der Waals surface area contributed by atoms with Crippen molar-refractivity contribution >= 4 is 11.9 Å². The van der Waals surface area contributed by atoms with E-state index in [2.05, 4.69) is 13.2 Å². The molecule has 0 aliphatic heterocycles. The smallest absolute Gasteiger partial charge is 0.336 e. The summed E-state index contributed by atoms with van der Waals surface area (Å²) in [5.41, 5.74) is 1.42. The van der Waals surface area contributed by atoms with Crippen LogP contribution in [0.2, 0.25) is 0 Å². The lowest BCUT2D eigenvalue weighted by molar-refractivity contribution is -0.195. The highest BCUT2D eigenvalue weighted by atomic mass is 16.7. The lowest BCUT2D eigenvalue weighted by atomic mass is 10.1. The highest BCUT2D eigenvalue weighted by Gasteiger charge is 2.22. The Balaban J connectivity index is 2.75. The molecule has 24 heavy (non-hydrogen) atoms. The molecule has 0 fully saturated rings. The molecule has 130 valence electrons. The number of carbonyl (C=O) groups is 2. The van der Waals surface area contributed by atoms with Crippen LogP contribution in [0.15, 0.2) is 54.6 Å². The van der Waals surface area contributed by atoms with Crippen LogP contribution in [0.3, 0.4) is 0 Å². The second kappa shape index (κ2) is 9.67.